The number of benzene rings is 2. The van der Waals surface area contributed by atoms with Gasteiger partial charge in [0.15, 0.2) is 0 Å². The maximum atomic E-state index is 13.2. The molecule has 2 aromatic rings. The van der Waals surface area contributed by atoms with E-state index in [0.29, 0.717) is 48.1 Å². The van der Waals surface area contributed by atoms with E-state index in [-0.39, 0.29) is 17.4 Å². The van der Waals surface area contributed by atoms with Crippen LogP contribution in [-0.2, 0) is 14.3 Å². The van der Waals surface area contributed by atoms with Crippen LogP contribution in [0.4, 0.5) is 0 Å². The first-order valence-electron chi connectivity index (χ1n) is 12.0. The Labute approximate surface area is 210 Å². The average molecular weight is 499 g/mol. The molecular weight excluding hydrogens is 468 g/mol. The third kappa shape index (κ3) is 5.86. The Morgan fingerprint density at radius 2 is 1.83 bits per heavy atom. The number of aliphatic hydroxyl groups excluding tert-OH is 1. The molecule has 7 nitrogen and oxygen atoms in total. The molecule has 4 rings (SSSR count). The molecule has 0 spiro atoms. The van der Waals surface area contributed by atoms with Crippen molar-refractivity contribution in [1.29, 1.82) is 0 Å². The van der Waals surface area contributed by atoms with Crippen molar-refractivity contribution in [3.63, 3.8) is 0 Å². The van der Waals surface area contributed by atoms with Gasteiger partial charge in [-0.2, -0.15) is 0 Å². The van der Waals surface area contributed by atoms with Crippen LogP contribution in [0.15, 0.2) is 54.1 Å². The lowest BCUT2D eigenvalue weighted by Crippen LogP contribution is -2.38. The first kappa shape index (κ1) is 25.2. The lowest BCUT2D eigenvalue weighted by Gasteiger charge is -2.29. The second kappa shape index (κ2) is 11.2. The van der Waals surface area contributed by atoms with Gasteiger partial charge in [-0.25, -0.2) is 0 Å². The molecule has 1 N–H and O–H groups in total. The van der Waals surface area contributed by atoms with Crippen molar-refractivity contribution in [2.75, 3.05) is 39.4 Å². The third-order valence-electron chi connectivity index (χ3n) is 6.18. The number of likely N-dealkylation sites (tertiary alicyclic amines) is 1. The van der Waals surface area contributed by atoms with Gasteiger partial charge in [-0.15, -0.1) is 0 Å². The van der Waals surface area contributed by atoms with E-state index in [1.165, 1.54) is 0 Å². The number of hydrogen-bond acceptors (Lipinski definition) is 6. The highest BCUT2D eigenvalue weighted by molar-refractivity contribution is 6.46. The molecule has 1 atom stereocenters. The number of Topliss-reactive ketones (excluding diaryl/α,β-unsaturated/α-hetero) is 1. The number of hydrogen-bond donors (Lipinski definition) is 1. The molecule has 0 aliphatic carbocycles. The van der Waals surface area contributed by atoms with Crippen LogP contribution in [0.3, 0.4) is 0 Å². The summed E-state index contributed by atoms with van der Waals surface area (Å²) >= 11 is 6.25. The number of carbonyl (C=O) groups is 2. The Kier molecular flexibility index (Phi) is 8.11. The number of rotatable bonds is 8. The molecule has 186 valence electrons. The van der Waals surface area contributed by atoms with Crippen LogP contribution in [0.1, 0.15) is 37.4 Å². The van der Waals surface area contributed by atoms with Gasteiger partial charge in [0.25, 0.3) is 11.7 Å². The molecule has 2 aliphatic heterocycles. The van der Waals surface area contributed by atoms with Gasteiger partial charge in [0, 0.05) is 36.8 Å². The van der Waals surface area contributed by atoms with Gasteiger partial charge in [-0.1, -0.05) is 23.7 Å². The SMILES string of the molecule is CC(C)Oc1ccc(/C(O)=C2\C(=O)C(=O)N(CCCN3CCOCC3)C2c2cccc(Cl)c2)cc1. The van der Waals surface area contributed by atoms with E-state index in [1.807, 2.05) is 19.9 Å². The predicted molar refractivity (Wildman–Crippen MR) is 135 cm³/mol. The fourth-order valence-corrected chi connectivity index (χ4v) is 4.74. The van der Waals surface area contributed by atoms with Crippen molar-refractivity contribution in [2.45, 2.75) is 32.4 Å². The fourth-order valence-electron chi connectivity index (χ4n) is 4.54. The summed E-state index contributed by atoms with van der Waals surface area (Å²) in [6, 6.07) is 13.2. The standard InChI is InChI=1S/C27H31ClN2O5/c1-18(2)35-22-9-7-19(8-10-22)25(31)23-24(20-5-3-6-21(28)17-20)30(27(33)26(23)32)12-4-11-29-13-15-34-16-14-29/h3,5-10,17-18,24,31H,4,11-16H2,1-2H3/b25-23+. The van der Waals surface area contributed by atoms with Crippen molar-refractivity contribution in [3.8, 4) is 5.75 Å². The average Bonchev–Trinajstić information content (AvgIpc) is 3.09. The molecular formula is C27H31ClN2O5. The van der Waals surface area contributed by atoms with E-state index in [2.05, 4.69) is 4.90 Å². The Morgan fingerprint density at radius 1 is 1.11 bits per heavy atom. The Bertz CT molecular complexity index is 1090. The first-order valence-corrected chi connectivity index (χ1v) is 12.3. The topological polar surface area (TPSA) is 79.3 Å². The van der Waals surface area contributed by atoms with Gasteiger partial charge in [0.05, 0.1) is 30.9 Å². The number of aliphatic hydroxyl groups is 1. The number of morpholine rings is 1. The summed E-state index contributed by atoms with van der Waals surface area (Å²) in [7, 11) is 0. The van der Waals surface area contributed by atoms with Crippen LogP contribution in [0.25, 0.3) is 5.76 Å². The van der Waals surface area contributed by atoms with Gasteiger partial charge in [-0.3, -0.25) is 14.5 Å². The number of amides is 1. The first-order chi connectivity index (χ1) is 16.8. The molecule has 1 unspecified atom stereocenters. The molecule has 0 radical (unpaired) electrons. The molecule has 2 fully saturated rings. The van der Waals surface area contributed by atoms with Crippen LogP contribution < -0.4 is 4.74 Å². The largest absolute Gasteiger partial charge is 0.507 e. The molecule has 35 heavy (non-hydrogen) atoms. The molecule has 0 aromatic heterocycles. The zero-order valence-corrected chi connectivity index (χ0v) is 20.8. The molecule has 2 saturated heterocycles. The molecule has 2 heterocycles. The summed E-state index contributed by atoms with van der Waals surface area (Å²) in [5, 5.41) is 11.7. The highest BCUT2D eigenvalue weighted by atomic mass is 35.5. The van der Waals surface area contributed by atoms with Crippen LogP contribution >= 0.6 is 11.6 Å². The van der Waals surface area contributed by atoms with Crippen molar-refractivity contribution in [1.82, 2.24) is 9.80 Å². The minimum Gasteiger partial charge on any atom is -0.507 e. The minimum absolute atomic E-state index is 0.0139. The fraction of sp³-hybridized carbons (Fsp3) is 0.407. The monoisotopic (exact) mass is 498 g/mol. The van der Waals surface area contributed by atoms with E-state index in [4.69, 9.17) is 21.1 Å². The van der Waals surface area contributed by atoms with E-state index in [0.717, 1.165) is 19.6 Å². The van der Waals surface area contributed by atoms with E-state index in [9.17, 15) is 14.7 Å². The number of ether oxygens (including phenoxy) is 2. The molecule has 2 aromatic carbocycles. The maximum absolute atomic E-state index is 13.2. The van der Waals surface area contributed by atoms with Gasteiger partial charge in [0.1, 0.15) is 11.5 Å². The second-order valence-electron chi connectivity index (χ2n) is 9.05. The molecule has 2 aliphatic rings. The van der Waals surface area contributed by atoms with Crippen LogP contribution in [0.2, 0.25) is 5.02 Å². The van der Waals surface area contributed by atoms with Crippen LogP contribution in [-0.4, -0.2) is 72.1 Å². The van der Waals surface area contributed by atoms with Gasteiger partial charge < -0.3 is 19.5 Å². The number of halogens is 1. The Balaban J connectivity index is 1.65. The highest BCUT2D eigenvalue weighted by Crippen LogP contribution is 2.40. The number of carbonyl (C=O) groups excluding carboxylic acids is 2. The molecule has 1 amide bonds. The second-order valence-corrected chi connectivity index (χ2v) is 9.48. The molecule has 8 heteroatoms. The zero-order chi connectivity index (χ0) is 24.9. The lowest BCUT2D eigenvalue weighted by atomic mass is 9.95. The lowest BCUT2D eigenvalue weighted by molar-refractivity contribution is -0.140. The van der Waals surface area contributed by atoms with Crippen molar-refractivity contribution in [3.05, 3.63) is 70.3 Å². The quantitative estimate of drug-likeness (QED) is 0.332. The van der Waals surface area contributed by atoms with Crippen molar-refractivity contribution < 1.29 is 24.2 Å². The van der Waals surface area contributed by atoms with Crippen LogP contribution in [0.5, 0.6) is 5.75 Å². The summed E-state index contributed by atoms with van der Waals surface area (Å²) in [6.45, 7) is 8.16. The van der Waals surface area contributed by atoms with Crippen molar-refractivity contribution in [2.24, 2.45) is 0 Å². The molecule has 0 bridgehead atoms. The minimum atomic E-state index is -0.718. The maximum Gasteiger partial charge on any atom is 0.295 e. The van der Waals surface area contributed by atoms with E-state index < -0.39 is 17.7 Å². The smallest absolute Gasteiger partial charge is 0.295 e. The van der Waals surface area contributed by atoms with Crippen LogP contribution in [0, 0.1) is 0 Å². The number of ketones is 1. The highest BCUT2D eigenvalue weighted by Gasteiger charge is 2.45. The van der Waals surface area contributed by atoms with Gasteiger partial charge >= 0.3 is 0 Å². The summed E-state index contributed by atoms with van der Waals surface area (Å²) in [5.74, 6) is -0.855. The Hall–Kier alpha value is -2.87. The Morgan fingerprint density at radius 3 is 2.49 bits per heavy atom. The van der Waals surface area contributed by atoms with E-state index in [1.54, 1.807) is 47.4 Å². The molecule has 0 saturated carbocycles. The summed E-state index contributed by atoms with van der Waals surface area (Å²) < 4.78 is 11.1. The summed E-state index contributed by atoms with van der Waals surface area (Å²) in [6.07, 6.45) is 0.714. The number of nitrogens with zero attached hydrogens (tertiary/aromatic N) is 2. The van der Waals surface area contributed by atoms with E-state index >= 15 is 0 Å². The van der Waals surface area contributed by atoms with Gasteiger partial charge in [-0.05, 0) is 62.2 Å². The third-order valence-corrected chi connectivity index (χ3v) is 6.42. The zero-order valence-electron chi connectivity index (χ0n) is 20.1. The van der Waals surface area contributed by atoms with Gasteiger partial charge in [0.2, 0.25) is 0 Å². The summed E-state index contributed by atoms with van der Waals surface area (Å²) in [5.41, 5.74) is 1.20. The van der Waals surface area contributed by atoms with Crippen molar-refractivity contribution >= 4 is 29.1 Å². The summed E-state index contributed by atoms with van der Waals surface area (Å²) in [4.78, 5) is 30.1. The normalized spacial score (nSPS) is 20.6. The predicted octanol–water partition coefficient (Wildman–Crippen LogP) is 4.27.